The molecule has 6 nitrogen and oxygen atoms in total. The lowest BCUT2D eigenvalue weighted by molar-refractivity contribution is -0.145. The van der Waals surface area contributed by atoms with Crippen molar-refractivity contribution in [3.8, 4) is 0 Å². The van der Waals surface area contributed by atoms with Crippen LogP contribution in [0, 0.1) is 0 Å². The number of carboxylic acids is 1. The van der Waals surface area contributed by atoms with Gasteiger partial charge in [0.25, 0.3) is 0 Å². The first kappa shape index (κ1) is 14.0. The summed E-state index contributed by atoms with van der Waals surface area (Å²) >= 11 is 0. The molecule has 0 bridgehead atoms. The van der Waals surface area contributed by atoms with Gasteiger partial charge in [-0.15, -0.1) is 0 Å². The van der Waals surface area contributed by atoms with Crippen molar-refractivity contribution in [2.24, 2.45) is 5.11 Å². The monoisotopic (exact) mass is 248 g/mol. The molecule has 2 N–H and O–H groups in total. The molecule has 1 aromatic rings. The molecular formula is C12H16N4O2. The lowest BCUT2D eigenvalue weighted by atomic mass is 9.87. The summed E-state index contributed by atoms with van der Waals surface area (Å²) in [6.07, 6.45) is 0.405. The molecule has 18 heavy (non-hydrogen) atoms. The summed E-state index contributed by atoms with van der Waals surface area (Å²) in [4.78, 5) is 14.2. The lowest BCUT2D eigenvalue weighted by Gasteiger charge is -2.30. The number of rotatable bonds is 7. The Morgan fingerprint density at radius 1 is 1.50 bits per heavy atom. The van der Waals surface area contributed by atoms with E-state index in [1.165, 1.54) is 0 Å². The van der Waals surface area contributed by atoms with E-state index < -0.39 is 11.5 Å². The van der Waals surface area contributed by atoms with Crippen LogP contribution in [0.25, 0.3) is 10.4 Å². The van der Waals surface area contributed by atoms with Crippen molar-refractivity contribution in [2.45, 2.75) is 18.9 Å². The van der Waals surface area contributed by atoms with Gasteiger partial charge in [-0.05, 0) is 17.5 Å². The van der Waals surface area contributed by atoms with E-state index in [4.69, 9.17) is 5.53 Å². The standard InChI is InChI=1S/C12H16N4O2/c1-2-12(11(17)18,14-8-9-15-16-13)10-6-4-3-5-7-10/h3-7,14H,2,8-9H2,1H3,(H,17,18). The van der Waals surface area contributed by atoms with Gasteiger partial charge in [0.05, 0.1) is 0 Å². The van der Waals surface area contributed by atoms with E-state index in [0.29, 0.717) is 18.5 Å². The largest absolute Gasteiger partial charge is 0.480 e. The van der Waals surface area contributed by atoms with Crippen LogP contribution in [0.5, 0.6) is 0 Å². The molecule has 0 amide bonds. The first-order chi connectivity index (χ1) is 8.67. The molecule has 0 radical (unpaired) electrons. The Kier molecular flexibility index (Phi) is 5.17. The van der Waals surface area contributed by atoms with Gasteiger partial charge >= 0.3 is 5.97 Å². The van der Waals surface area contributed by atoms with Crippen LogP contribution in [0.15, 0.2) is 35.4 Å². The molecule has 0 aromatic heterocycles. The zero-order valence-corrected chi connectivity index (χ0v) is 10.2. The van der Waals surface area contributed by atoms with E-state index in [-0.39, 0.29) is 6.54 Å². The van der Waals surface area contributed by atoms with Crippen LogP contribution in [0.3, 0.4) is 0 Å². The number of carboxylic acid groups (broad SMARTS) is 1. The first-order valence-electron chi connectivity index (χ1n) is 5.72. The highest BCUT2D eigenvalue weighted by molar-refractivity contribution is 5.80. The minimum atomic E-state index is -1.13. The fourth-order valence-electron chi connectivity index (χ4n) is 1.87. The van der Waals surface area contributed by atoms with Gasteiger partial charge in [0, 0.05) is 18.0 Å². The summed E-state index contributed by atoms with van der Waals surface area (Å²) < 4.78 is 0. The number of benzene rings is 1. The third kappa shape index (κ3) is 3.00. The fraction of sp³-hybridized carbons (Fsp3) is 0.417. The first-order valence-corrected chi connectivity index (χ1v) is 5.72. The quantitative estimate of drug-likeness (QED) is 0.335. The second-order valence-corrected chi connectivity index (χ2v) is 3.81. The van der Waals surface area contributed by atoms with Crippen molar-refractivity contribution >= 4 is 5.97 Å². The van der Waals surface area contributed by atoms with E-state index in [2.05, 4.69) is 15.3 Å². The van der Waals surface area contributed by atoms with Crippen molar-refractivity contribution in [1.29, 1.82) is 0 Å². The van der Waals surface area contributed by atoms with Crippen LogP contribution in [0.1, 0.15) is 18.9 Å². The molecule has 6 heteroatoms. The molecule has 1 aromatic carbocycles. The molecule has 0 saturated carbocycles. The molecule has 0 spiro atoms. The third-order valence-electron chi connectivity index (χ3n) is 2.86. The third-order valence-corrected chi connectivity index (χ3v) is 2.86. The molecule has 96 valence electrons. The zero-order chi connectivity index (χ0) is 13.4. The number of hydrogen-bond donors (Lipinski definition) is 2. The lowest BCUT2D eigenvalue weighted by Crippen LogP contribution is -2.49. The van der Waals surface area contributed by atoms with E-state index in [1.54, 1.807) is 24.3 Å². The summed E-state index contributed by atoms with van der Waals surface area (Å²) in [5.74, 6) is -0.933. The number of nitrogens with zero attached hydrogens (tertiary/aromatic N) is 3. The minimum Gasteiger partial charge on any atom is -0.480 e. The number of nitrogens with one attached hydrogen (secondary N) is 1. The average molecular weight is 248 g/mol. The normalized spacial score (nSPS) is 13.4. The van der Waals surface area contributed by atoms with Crippen molar-refractivity contribution in [3.05, 3.63) is 46.3 Å². The van der Waals surface area contributed by atoms with Gasteiger partial charge in [-0.25, -0.2) is 4.79 Å². The average Bonchev–Trinajstić information content (AvgIpc) is 2.40. The molecule has 0 aliphatic heterocycles. The van der Waals surface area contributed by atoms with E-state index in [0.717, 1.165) is 0 Å². The Hall–Kier alpha value is -2.04. The van der Waals surface area contributed by atoms with Crippen molar-refractivity contribution < 1.29 is 9.90 Å². The Morgan fingerprint density at radius 2 is 2.17 bits per heavy atom. The van der Waals surface area contributed by atoms with Crippen LogP contribution in [0.2, 0.25) is 0 Å². The Morgan fingerprint density at radius 3 is 2.67 bits per heavy atom. The van der Waals surface area contributed by atoms with Gasteiger partial charge < -0.3 is 5.11 Å². The fourth-order valence-corrected chi connectivity index (χ4v) is 1.87. The Bertz CT molecular complexity index is 443. The second kappa shape index (κ2) is 6.64. The molecule has 0 aliphatic carbocycles. The number of aliphatic carboxylic acids is 1. The van der Waals surface area contributed by atoms with E-state index >= 15 is 0 Å². The summed E-state index contributed by atoms with van der Waals surface area (Å²) in [6.45, 7) is 2.35. The molecule has 0 heterocycles. The van der Waals surface area contributed by atoms with Gasteiger partial charge in [-0.3, -0.25) is 5.32 Å². The van der Waals surface area contributed by atoms with Crippen LogP contribution in [-0.2, 0) is 10.3 Å². The van der Waals surface area contributed by atoms with Gasteiger partial charge in [0.15, 0.2) is 0 Å². The molecule has 1 rings (SSSR count). The molecule has 0 aliphatic rings. The summed E-state index contributed by atoms with van der Waals surface area (Å²) in [7, 11) is 0. The van der Waals surface area contributed by atoms with Crippen LogP contribution >= 0.6 is 0 Å². The maximum Gasteiger partial charge on any atom is 0.328 e. The summed E-state index contributed by atoms with van der Waals surface area (Å²) in [5, 5.41) is 15.8. The van der Waals surface area contributed by atoms with Gasteiger partial charge in [-0.2, -0.15) is 0 Å². The zero-order valence-electron chi connectivity index (χ0n) is 10.2. The highest BCUT2D eigenvalue weighted by Crippen LogP contribution is 2.25. The van der Waals surface area contributed by atoms with Gasteiger partial charge in [-0.1, -0.05) is 42.4 Å². The minimum absolute atomic E-state index is 0.221. The topological polar surface area (TPSA) is 98.1 Å². The van der Waals surface area contributed by atoms with Gasteiger partial charge in [0.1, 0.15) is 5.54 Å². The Balaban J connectivity index is 2.95. The maximum atomic E-state index is 11.6. The molecular weight excluding hydrogens is 232 g/mol. The highest BCUT2D eigenvalue weighted by atomic mass is 16.4. The van der Waals surface area contributed by atoms with Crippen LogP contribution in [0.4, 0.5) is 0 Å². The van der Waals surface area contributed by atoms with Gasteiger partial charge in [0.2, 0.25) is 0 Å². The van der Waals surface area contributed by atoms with Crippen molar-refractivity contribution in [3.63, 3.8) is 0 Å². The van der Waals surface area contributed by atoms with E-state index in [1.807, 2.05) is 13.0 Å². The maximum absolute atomic E-state index is 11.6. The predicted molar refractivity (Wildman–Crippen MR) is 68.1 cm³/mol. The SMILES string of the molecule is CCC(NCCN=[N+]=[N-])(C(=O)O)c1ccccc1. The summed E-state index contributed by atoms with van der Waals surface area (Å²) in [6, 6.07) is 9.00. The van der Waals surface area contributed by atoms with Crippen LogP contribution in [-0.4, -0.2) is 24.2 Å². The molecule has 1 unspecified atom stereocenters. The Labute approximate surface area is 105 Å². The van der Waals surface area contributed by atoms with Crippen molar-refractivity contribution in [1.82, 2.24) is 5.32 Å². The number of hydrogen-bond acceptors (Lipinski definition) is 3. The van der Waals surface area contributed by atoms with Crippen molar-refractivity contribution in [2.75, 3.05) is 13.1 Å². The molecule has 0 fully saturated rings. The number of azide groups is 1. The molecule has 0 saturated heterocycles. The smallest absolute Gasteiger partial charge is 0.328 e. The second-order valence-electron chi connectivity index (χ2n) is 3.81. The van der Waals surface area contributed by atoms with E-state index in [9.17, 15) is 9.90 Å². The number of carbonyl (C=O) groups is 1. The highest BCUT2D eigenvalue weighted by Gasteiger charge is 2.37. The predicted octanol–water partition coefficient (Wildman–Crippen LogP) is 2.28. The summed E-state index contributed by atoms with van der Waals surface area (Å²) in [5.41, 5.74) is 7.76. The molecule has 1 atom stereocenters. The van der Waals surface area contributed by atoms with Crippen LogP contribution < -0.4 is 5.32 Å².